The molecular weight excluding hydrogens is 252 g/mol. The highest BCUT2D eigenvalue weighted by Crippen LogP contribution is 2.21. The summed E-state index contributed by atoms with van der Waals surface area (Å²) in [5.41, 5.74) is 2.28. The van der Waals surface area contributed by atoms with Crippen LogP contribution in [0.1, 0.15) is 32.2 Å². The Hall–Kier alpha value is -1.19. The standard InChI is InChI=1S/C16H22N2S/c1-4-12(2)13(3)17-10-16-18-15(11-19-16)14-8-6-5-7-9-14/h5-9,11-13,17H,4,10H2,1-3H3. The van der Waals surface area contributed by atoms with Crippen LogP contribution in [0.2, 0.25) is 0 Å². The molecule has 0 amide bonds. The number of rotatable bonds is 6. The molecule has 0 saturated carbocycles. The van der Waals surface area contributed by atoms with Crippen LogP contribution >= 0.6 is 11.3 Å². The van der Waals surface area contributed by atoms with Crippen molar-refractivity contribution < 1.29 is 0 Å². The van der Waals surface area contributed by atoms with Gasteiger partial charge in [-0.1, -0.05) is 50.6 Å². The molecule has 1 heterocycles. The molecule has 1 aromatic heterocycles. The van der Waals surface area contributed by atoms with Gasteiger partial charge in [-0.05, 0) is 12.8 Å². The monoisotopic (exact) mass is 274 g/mol. The highest BCUT2D eigenvalue weighted by atomic mass is 32.1. The van der Waals surface area contributed by atoms with E-state index in [1.165, 1.54) is 12.0 Å². The van der Waals surface area contributed by atoms with Gasteiger partial charge in [0.15, 0.2) is 0 Å². The molecule has 2 atom stereocenters. The van der Waals surface area contributed by atoms with Crippen LogP contribution in [0.15, 0.2) is 35.7 Å². The number of aromatic nitrogens is 1. The lowest BCUT2D eigenvalue weighted by Crippen LogP contribution is -2.31. The molecule has 1 N–H and O–H groups in total. The van der Waals surface area contributed by atoms with E-state index in [0.29, 0.717) is 12.0 Å². The fourth-order valence-electron chi connectivity index (χ4n) is 1.94. The number of hydrogen-bond donors (Lipinski definition) is 1. The second-order valence-corrected chi connectivity index (χ2v) is 5.99. The van der Waals surface area contributed by atoms with Gasteiger partial charge in [0.05, 0.1) is 5.69 Å². The zero-order valence-electron chi connectivity index (χ0n) is 11.9. The Kier molecular flexibility index (Phi) is 5.11. The molecule has 0 aliphatic rings. The van der Waals surface area contributed by atoms with Gasteiger partial charge in [0.25, 0.3) is 0 Å². The molecule has 0 fully saturated rings. The van der Waals surface area contributed by atoms with Crippen molar-refractivity contribution in [1.82, 2.24) is 10.3 Å². The van der Waals surface area contributed by atoms with Crippen LogP contribution in [-0.2, 0) is 6.54 Å². The lowest BCUT2D eigenvalue weighted by Gasteiger charge is -2.19. The summed E-state index contributed by atoms with van der Waals surface area (Å²) in [5.74, 6) is 0.702. The van der Waals surface area contributed by atoms with E-state index in [4.69, 9.17) is 4.98 Å². The van der Waals surface area contributed by atoms with E-state index in [-0.39, 0.29) is 0 Å². The quantitative estimate of drug-likeness (QED) is 0.848. The van der Waals surface area contributed by atoms with E-state index in [9.17, 15) is 0 Å². The number of benzene rings is 1. The number of hydrogen-bond acceptors (Lipinski definition) is 3. The lowest BCUT2D eigenvalue weighted by molar-refractivity contribution is 0.389. The van der Waals surface area contributed by atoms with Gasteiger partial charge in [0, 0.05) is 23.5 Å². The normalized spacial score (nSPS) is 14.3. The van der Waals surface area contributed by atoms with Crippen molar-refractivity contribution in [1.29, 1.82) is 0 Å². The van der Waals surface area contributed by atoms with Gasteiger partial charge in [0.2, 0.25) is 0 Å². The van der Waals surface area contributed by atoms with Crippen molar-refractivity contribution in [3.8, 4) is 11.3 Å². The van der Waals surface area contributed by atoms with Crippen LogP contribution in [0.3, 0.4) is 0 Å². The summed E-state index contributed by atoms with van der Waals surface area (Å²) in [4.78, 5) is 4.69. The Morgan fingerprint density at radius 2 is 1.95 bits per heavy atom. The third-order valence-electron chi connectivity index (χ3n) is 3.69. The highest BCUT2D eigenvalue weighted by Gasteiger charge is 2.10. The Bertz CT molecular complexity index is 492. The summed E-state index contributed by atoms with van der Waals surface area (Å²) < 4.78 is 0. The summed E-state index contributed by atoms with van der Waals surface area (Å²) in [6.07, 6.45) is 1.21. The molecule has 0 spiro atoms. The van der Waals surface area contributed by atoms with Crippen LogP contribution in [0.5, 0.6) is 0 Å². The average molecular weight is 274 g/mol. The molecule has 0 aliphatic heterocycles. The molecule has 2 rings (SSSR count). The Morgan fingerprint density at radius 3 is 2.63 bits per heavy atom. The summed E-state index contributed by atoms with van der Waals surface area (Å²) >= 11 is 1.73. The smallest absolute Gasteiger partial charge is 0.107 e. The van der Waals surface area contributed by atoms with Gasteiger partial charge in [-0.25, -0.2) is 4.98 Å². The maximum Gasteiger partial charge on any atom is 0.107 e. The minimum atomic E-state index is 0.536. The van der Waals surface area contributed by atoms with Crippen molar-refractivity contribution >= 4 is 11.3 Å². The summed E-state index contributed by atoms with van der Waals surface area (Å²) in [6, 6.07) is 10.9. The molecule has 0 saturated heterocycles. The fraction of sp³-hybridized carbons (Fsp3) is 0.438. The van der Waals surface area contributed by atoms with Crippen molar-refractivity contribution in [3.63, 3.8) is 0 Å². The Balaban J connectivity index is 1.95. The van der Waals surface area contributed by atoms with Crippen molar-refractivity contribution in [2.75, 3.05) is 0 Å². The lowest BCUT2D eigenvalue weighted by atomic mass is 10.0. The summed E-state index contributed by atoms with van der Waals surface area (Å²) in [6.45, 7) is 7.64. The molecule has 19 heavy (non-hydrogen) atoms. The second-order valence-electron chi connectivity index (χ2n) is 5.05. The SMILES string of the molecule is CCC(C)C(C)NCc1nc(-c2ccccc2)cs1. The second kappa shape index (κ2) is 6.83. The van der Waals surface area contributed by atoms with E-state index < -0.39 is 0 Å². The topological polar surface area (TPSA) is 24.9 Å². The summed E-state index contributed by atoms with van der Waals surface area (Å²) in [5, 5.41) is 6.86. The van der Waals surface area contributed by atoms with E-state index in [2.05, 4.69) is 55.7 Å². The molecule has 102 valence electrons. The molecule has 0 radical (unpaired) electrons. The summed E-state index contributed by atoms with van der Waals surface area (Å²) in [7, 11) is 0. The molecule has 2 aromatic rings. The molecule has 2 unspecified atom stereocenters. The average Bonchev–Trinajstić information content (AvgIpc) is 2.93. The third-order valence-corrected chi connectivity index (χ3v) is 4.54. The van der Waals surface area contributed by atoms with Crippen LogP contribution in [0.4, 0.5) is 0 Å². The van der Waals surface area contributed by atoms with Crippen LogP contribution in [0, 0.1) is 5.92 Å². The number of thiazole rings is 1. The first-order valence-corrected chi connectivity index (χ1v) is 7.82. The van der Waals surface area contributed by atoms with Gasteiger partial charge in [-0.15, -0.1) is 11.3 Å². The Labute approximate surface area is 119 Å². The van der Waals surface area contributed by atoms with E-state index in [0.717, 1.165) is 17.2 Å². The van der Waals surface area contributed by atoms with E-state index in [1.807, 2.05) is 6.07 Å². The minimum Gasteiger partial charge on any atom is -0.308 e. The molecule has 3 heteroatoms. The Morgan fingerprint density at radius 1 is 1.21 bits per heavy atom. The molecule has 0 bridgehead atoms. The molecule has 2 nitrogen and oxygen atoms in total. The van der Waals surface area contributed by atoms with Gasteiger partial charge < -0.3 is 5.32 Å². The minimum absolute atomic E-state index is 0.536. The number of nitrogens with one attached hydrogen (secondary N) is 1. The van der Waals surface area contributed by atoms with E-state index >= 15 is 0 Å². The van der Waals surface area contributed by atoms with Crippen molar-refractivity contribution in [2.24, 2.45) is 5.92 Å². The maximum absolute atomic E-state index is 4.69. The zero-order valence-corrected chi connectivity index (χ0v) is 12.7. The van der Waals surface area contributed by atoms with Gasteiger partial charge in [0.1, 0.15) is 5.01 Å². The predicted octanol–water partition coefficient (Wildman–Crippen LogP) is 4.33. The molecule has 1 aromatic carbocycles. The largest absolute Gasteiger partial charge is 0.308 e. The molecular formula is C16H22N2S. The predicted molar refractivity (Wildman–Crippen MR) is 83.3 cm³/mol. The molecule has 0 aliphatic carbocycles. The first kappa shape index (κ1) is 14.2. The van der Waals surface area contributed by atoms with E-state index in [1.54, 1.807) is 11.3 Å². The first-order chi connectivity index (χ1) is 9.20. The van der Waals surface area contributed by atoms with Gasteiger partial charge in [-0.3, -0.25) is 0 Å². The van der Waals surface area contributed by atoms with Gasteiger partial charge >= 0.3 is 0 Å². The van der Waals surface area contributed by atoms with Crippen LogP contribution in [-0.4, -0.2) is 11.0 Å². The third kappa shape index (κ3) is 3.88. The van der Waals surface area contributed by atoms with Crippen molar-refractivity contribution in [2.45, 2.75) is 39.8 Å². The number of nitrogens with zero attached hydrogens (tertiary/aromatic N) is 1. The highest BCUT2D eigenvalue weighted by molar-refractivity contribution is 7.09. The fourth-order valence-corrected chi connectivity index (χ4v) is 2.69. The maximum atomic E-state index is 4.69. The van der Waals surface area contributed by atoms with Crippen LogP contribution < -0.4 is 5.32 Å². The first-order valence-electron chi connectivity index (χ1n) is 6.94. The van der Waals surface area contributed by atoms with Crippen molar-refractivity contribution in [3.05, 3.63) is 40.7 Å². The van der Waals surface area contributed by atoms with Gasteiger partial charge in [-0.2, -0.15) is 0 Å². The zero-order chi connectivity index (χ0) is 13.7. The van der Waals surface area contributed by atoms with Crippen LogP contribution in [0.25, 0.3) is 11.3 Å².